The molecule has 0 spiro atoms. The van der Waals surface area contributed by atoms with Crippen molar-refractivity contribution in [2.75, 3.05) is 0 Å². The highest BCUT2D eigenvalue weighted by Crippen LogP contribution is 2.30. The van der Waals surface area contributed by atoms with Crippen molar-refractivity contribution >= 4 is 27.0 Å². The van der Waals surface area contributed by atoms with E-state index in [1.54, 1.807) is 18.5 Å². The number of hydrogen-bond acceptors (Lipinski definition) is 3. The normalized spacial score (nSPS) is 10.9. The van der Waals surface area contributed by atoms with E-state index in [1.807, 2.05) is 18.2 Å². The first-order valence-electron chi connectivity index (χ1n) is 5.02. The Labute approximate surface area is 105 Å². The number of H-pyrrole nitrogens is 1. The number of pyridine rings is 1. The number of aromatic nitrogens is 3. The molecule has 3 rings (SSSR count). The van der Waals surface area contributed by atoms with Crippen LogP contribution in [0.25, 0.3) is 22.4 Å². The standard InChI is InChI=1S/C12H8BrN3O/c13-7-1-2-8(11(17)5-7)12-15-9-3-4-14-6-10(9)16-12/h1-6,17H,(H,15,16). The highest BCUT2D eigenvalue weighted by Gasteiger charge is 2.09. The average molecular weight is 290 g/mol. The second-order valence-corrected chi connectivity index (χ2v) is 4.56. The van der Waals surface area contributed by atoms with Crippen LogP contribution in [0.4, 0.5) is 0 Å². The summed E-state index contributed by atoms with van der Waals surface area (Å²) in [5, 5.41) is 9.86. The Kier molecular flexibility index (Phi) is 2.33. The number of nitrogens with one attached hydrogen (secondary N) is 1. The van der Waals surface area contributed by atoms with Crippen LogP contribution >= 0.6 is 15.9 Å². The monoisotopic (exact) mass is 289 g/mol. The molecule has 0 aliphatic heterocycles. The van der Waals surface area contributed by atoms with Crippen molar-refractivity contribution < 1.29 is 5.11 Å². The Balaban J connectivity index is 2.20. The Hall–Kier alpha value is -1.88. The van der Waals surface area contributed by atoms with Gasteiger partial charge in [0.2, 0.25) is 0 Å². The molecule has 0 saturated heterocycles. The number of benzene rings is 1. The third-order valence-corrected chi connectivity index (χ3v) is 2.99. The number of nitrogens with zero attached hydrogens (tertiary/aromatic N) is 2. The van der Waals surface area contributed by atoms with Crippen LogP contribution in [0.5, 0.6) is 5.75 Å². The molecule has 0 atom stereocenters. The highest BCUT2D eigenvalue weighted by molar-refractivity contribution is 9.10. The van der Waals surface area contributed by atoms with Gasteiger partial charge in [-0.05, 0) is 24.3 Å². The van der Waals surface area contributed by atoms with Crippen molar-refractivity contribution in [3.8, 4) is 17.1 Å². The number of imidazole rings is 1. The van der Waals surface area contributed by atoms with Crippen molar-refractivity contribution in [3.63, 3.8) is 0 Å². The van der Waals surface area contributed by atoms with Crippen LogP contribution in [0, 0.1) is 0 Å². The second kappa shape index (κ2) is 3.85. The number of rotatable bonds is 1. The van der Waals surface area contributed by atoms with Crippen LogP contribution in [0.2, 0.25) is 0 Å². The van der Waals surface area contributed by atoms with Gasteiger partial charge in [-0.2, -0.15) is 0 Å². The predicted octanol–water partition coefficient (Wildman–Crippen LogP) is 3.09. The Morgan fingerprint density at radius 2 is 2.12 bits per heavy atom. The largest absolute Gasteiger partial charge is 0.507 e. The van der Waals surface area contributed by atoms with Crippen molar-refractivity contribution in [3.05, 3.63) is 41.1 Å². The average Bonchev–Trinajstić information content (AvgIpc) is 2.72. The summed E-state index contributed by atoms with van der Waals surface area (Å²) in [5.74, 6) is 0.824. The molecule has 0 fully saturated rings. The lowest BCUT2D eigenvalue weighted by Crippen LogP contribution is -1.81. The zero-order chi connectivity index (χ0) is 11.8. The lowest BCUT2D eigenvalue weighted by molar-refractivity contribution is 0.476. The minimum absolute atomic E-state index is 0.186. The summed E-state index contributed by atoms with van der Waals surface area (Å²) in [6, 6.07) is 7.14. The van der Waals surface area contributed by atoms with Gasteiger partial charge >= 0.3 is 0 Å². The fraction of sp³-hybridized carbons (Fsp3) is 0. The first-order valence-corrected chi connectivity index (χ1v) is 5.82. The lowest BCUT2D eigenvalue weighted by atomic mass is 10.2. The Morgan fingerprint density at radius 3 is 2.88 bits per heavy atom. The molecule has 2 aromatic heterocycles. The fourth-order valence-electron chi connectivity index (χ4n) is 1.69. The Bertz CT molecular complexity index is 660. The summed E-state index contributed by atoms with van der Waals surface area (Å²) in [7, 11) is 0. The molecule has 3 aromatic rings. The van der Waals surface area contributed by atoms with Gasteiger partial charge in [0.25, 0.3) is 0 Å². The van der Waals surface area contributed by atoms with Crippen molar-refractivity contribution in [2.45, 2.75) is 0 Å². The van der Waals surface area contributed by atoms with E-state index in [1.165, 1.54) is 0 Å². The maximum Gasteiger partial charge on any atom is 0.142 e. The third kappa shape index (κ3) is 1.78. The number of aromatic amines is 1. The van der Waals surface area contributed by atoms with Crippen LogP contribution in [0.15, 0.2) is 41.1 Å². The molecular formula is C12H8BrN3O. The second-order valence-electron chi connectivity index (χ2n) is 3.64. The van der Waals surface area contributed by atoms with Gasteiger partial charge in [-0.3, -0.25) is 4.98 Å². The molecule has 4 nitrogen and oxygen atoms in total. The van der Waals surface area contributed by atoms with E-state index in [4.69, 9.17) is 0 Å². The fourth-order valence-corrected chi connectivity index (χ4v) is 2.04. The van der Waals surface area contributed by atoms with E-state index in [0.29, 0.717) is 11.4 Å². The number of halogens is 1. The zero-order valence-electron chi connectivity index (χ0n) is 8.68. The summed E-state index contributed by atoms with van der Waals surface area (Å²) in [4.78, 5) is 11.5. The SMILES string of the molecule is Oc1cc(Br)ccc1-c1nc2ccncc2[nH]1. The van der Waals surface area contributed by atoms with Gasteiger partial charge in [-0.1, -0.05) is 15.9 Å². The highest BCUT2D eigenvalue weighted by atomic mass is 79.9. The van der Waals surface area contributed by atoms with Crippen LogP contribution in [-0.2, 0) is 0 Å². The van der Waals surface area contributed by atoms with Crippen molar-refractivity contribution in [1.82, 2.24) is 15.0 Å². The number of hydrogen-bond donors (Lipinski definition) is 2. The predicted molar refractivity (Wildman–Crippen MR) is 68.7 cm³/mol. The number of phenols is 1. The first-order chi connectivity index (χ1) is 8.24. The van der Waals surface area contributed by atoms with E-state index in [0.717, 1.165) is 15.5 Å². The van der Waals surface area contributed by atoms with E-state index >= 15 is 0 Å². The topological polar surface area (TPSA) is 61.8 Å². The molecule has 2 heterocycles. The summed E-state index contributed by atoms with van der Waals surface area (Å²) in [5.41, 5.74) is 2.35. The first kappa shape index (κ1) is 10.3. The Morgan fingerprint density at radius 1 is 1.24 bits per heavy atom. The summed E-state index contributed by atoms with van der Waals surface area (Å²) < 4.78 is 0.830. The molecule has 17 heavy (non-hydrogen) atoms. The van der Waals surface area contributed by atoms with Crippen molar-refractivity contribution in [2.24, 2.45) is 0 Å². The van der Waals surface area contributed by atoms with Crippen LogP contribution in [0.1, 0.15) is 0 Å². The van der Waals surface area contributed by atoms with E-state index in [9.17, 15) is 5.11 Å². The van der Waals surface area contributed by atoms with Gasteiger partial charge in [0.05, 0.1) is 22.8 Å². The van der Waals surface area contributed by atoms with Crippen LogP contribution in [-0.4, -0.2) is 20.1 Å². The third-order valence-electron chi connectivity index (χ3n) is 2.50. The molecule has 0 radical (unpaired) electrons. The molecule has 0 bridgehead atoms. The summed E-state index contributed by atoms with van der Waals surface area (Å²) in [6.07, 6.45) is 3.40. The van der Waals surface area contributed by atoms with Gasteiger partial charge in [-0.15, -0.1) is 0 Å². The molecule has 0 amide bonds. The molecular weight excluding hydrogens is 282 g/mol. The maximum absolute atomic E-state index is 9.86. The van der Waals surface area contributed by atoms with Gasteiger partial charge in [0, 0.05) is 10.7 Å². The molecule has 5 heteroatoms. The van der Waals surface area contributed by atoms with Gasteiger partial charge < -0.3 is 10.1 Å². The summed E-state index contributed by atoms with van der Waals surface area (Å²) >= 11 is 3.30. The maximum atomic E-state index is 9.86. The van der Waals surface area contributed by atoms with E-state index in [2.05, 4.69) is 30.9 Å². The lowest BCUT2D eigenvalue weighted by Gasteiger charge is -2.00. The van der Waals surface area contributed by atoms with Crippen LogP contribution in [0.3, 0.4) is 0 Å². The smallest absolute Gasteiger partial charge is 0.142 e. The molecule has 2 N–H and O–H groups in total. The van der Waals surface area contributed by atoms with Gasteiger partial charge in [0.15, 0.2) is 0 Å². The number of fused-ring (bicyclic) bond motifs is 1. The molecule has 0 unspecified atom stereocenters. The molecule has 1 aromatic carbocycles. The number of aromatic hydroxyl groups is 1. The van der Waals surface area contributed by atoms with Gasteiger partial charge in [-0.25, -0.2) is 4.98 Å². The molecule has 0 aliphatic carbocycles. The molecule has 84 valence electrons. The van der Waals surface area contributed by atoms with E-state index in [-0.39, 0.29) is 5.75 Å². The summed E-state index contributed by atoms with van der Waals surface area (Å²) in [6.45, 7) is 0. The molecule has 0 aliphatic rings. The van der Waals surface area contributed by atoms with Crippen molar-refractivity contribution in [1.29, 1.82) is 0 Å². The zero-order valence-corrected chi connectivity index (χ0v) is 10.3. The minimum Gasteiger partial charge on any atom is -0.507 e. The minimum atomic E-state index is 0.186. The molecule has 0 saturated carbocycles. The quantitative estimate of drug-likeness (QED) is 0.724. The van der Waals surface area contributed by atoms with Gasteiger partial charge in [0.1, 0.15) is 11.6 Å². The van der Waals surface area contributed by atoms with E-state index < -0.39 is 0 Å². The number of phenolic OH excluding ortho intramolecular Hbond substituents is 1. The van der Waals surface area contributed by atoms with Crippen LogP contribution < -0.4 is 0 Å².